The fourth-order valence-electron chi connectivity index (χ4n) is 2.28. The highest BCUT2D eigenvalue weighted by molar-refractivity contribution is 8.01. The van der Waals surface area contributed by atoms with Crippen LogP contribution in [0, 0.1) is 17.0 Å². The lowest BCUT2D eigenvalue weighted by atomic mass is 10.1. The molecule has 3 rings (SSSR count). The predicted molar refractivity (Wildman–Crippen MR) is 111 cm³/mol. The summed E-state index contributed by atoms with van der Waals surface area (Å²) in [6.45, 7) is 1.60. The number of nitrogens with one attached hydrogen (secondary N) is 2. The molecule has 1 heterocycles. The molecule has 0 saturated carbocycles. The van der Waals surface area contributed by atoms with Crippen LogP contribution in [0.5, 0.6) is 0 Å². The fraction of sp³-hybridized carbons (Fsp3) is 0.111. The van der Waals surface area contributed by atoms with E-state index in [1.54, 1.807) is 19.1 Å². The van der Waals surface area contributed by atoms with Crippen molar-refractivity contribution in [2.75, 3.05) is 16.4 Å². The van der Waals surface area contributed by atoms with E-state index in [2.05, 4.69) is 20.8 Å². The number of aromatic nitrogens is 2. The molecule has 1 aromatic heterocycles. The Morgan fingerprint density at radius 2 is 1.90 bits per heavy atom. The molecule has 148 valence electrons. The molecule has 2 aromatic carbocycles. The van der Waals surface area contributed by atoms with E-state index in [1.165, 1.54) is 30.0 Å². The summed E-state index contributed by atoms with van der Waals surface area (Å²) in [6.07, 6.45) is 0. The number of aryl methyl sites for hydroxylation is 1. The zero-order chi connectivity index (χ0) is 20.8. The number of amides is 2. The van der Waals surface area contributed by atoms with Gasteiger partial charge in [0, 0.05) is 22.9 Å². The molecule has 11 heteroatoms. The van der Waals surface area contributed by atoms with E-state index in [9.17, 15) is 19.7 Å². The van der Waals surface area contributed by atoms with Crippen molar-refractivity contribution in [2.45, 2.75) is 11.3 Å². The van der Waals surface area contributed by atoms with Crippen molar-refractivity contribution in [2.24, 2.45) is 0 Å². The minimum atomic E-state index is -0.535. The summed E-state index contributed by atoms with van der Waals surface area (Å²) in [4.78, 5) is 34.8. The van der Waals surface area contributed by atoms with Crippen LogP contribution in [0.4, 0.5) is 16.5 Å². The Bertz CT molecular complexity index is 1060. The number of thioether (sulfide) groups is 1. The summed E-state index contributed by atoms with van der Waals surface area (Å²) in [6, 6.07) is 13.3. The van der Waals surface area contributed by atoms with Gasteiger partial charge in [0.15, 0.2) is 4.34 Å². The second-order valence-electron chi connectivity index (χ2n) is 5.79. The van der Waals surface area contributed by atoms with Crippen LogP contribution in [0.25, 0.3) is 0 Å². The molecule has 0 spiro atoms. The van der Waals surface area contributed by atoms with Crippen molar-refractivity contribution in [1.82, 2.24) is 10.2 Å². The van der Waals surface area contributed by atoms with Crippen molar-refractivity contribution in [1.29, 1.82) is 0 Å². The molecule has 0 aliphatic heterocycles. The van der Waals surface area contributed by atoms with E-state index in [0.717, 1.165) is 11.3 Å². The van der Waals surface area contributed by atoms with Gasteiger partial charge in [-0.3, -0.25) is 25.0 Å². The molecule has 0 atom stereocenters. The van der Waals surface area contributed by atoms with Crippen molar-refractivity contribution in [3.05, 3.63) is 69.8 Å². The minimum absolute atomic E-state index is 0.129. The molecular weight excluding hydrogens is 414 g/mol. The average Bonchev–Trinajstić information content (AvgIpc) is 3.14. The molecule has 0 saturated heterocycles. The Labute approximate surface area is 173 Å². The Morgan fingerprint density at radius 3 is 2.62 bits per heavy atom. The number of hydrogen-bond acceptors (Lipinski definition) is 8. The standard InChI is InChI=1S/C18H15N5O4S2/c1-11-7-8-12(9-14(11)23(26)27)16(25)20-17-21-22-18(29-17)28-10-15(24)19-13-5-3-2-4-6-13/h2-9H,10H2,1H3,(H,19,24)(H,20,21,25). The van der Waals surface area contributed by atoms with Gasteiger partial charge in [-0.15, -0.1) is 10.2 Å². The third kappa shape index (κ3) is 5.59. The zero-order valence-corrected chi connectivity index (χ0v) is 16.8. The van der Waals surface area contributed by atoms with Crippen molar-refractivity contribution < 1.29 is 14.5 Å². The molecule has 3 aromatic rings. The van der Waals surface area contributed by atoms with E-state index < -0.39 is 10.8 Å². The average molecular weight is 429 g/mol. The van der Waals surface area contributed by atoms with Crippen LogP contribution >= 0.6 is 23.1 Å². The van der Waals surface area contributed by atoms with E-state index in [1.807, 2.05) is 18.2 Å². The number of hydrogen-bond donors (Lipinski definition) is 2. The summed E-state index contributed by atoms with van der Waals surface area (Å²) in [7, 11) is 0. The normalized spacial score (nSPS) is 10.4. The topological polar surface area (TPSA) is 127 Å². The highest BCUT2D eigenvalue weighted by atomic mass is 32.2. The van der Waals surface area contributed by atoms with Crippen molar-refractivity contribution in [3.8, 4) is 0 Å². The number of rotatable bonds is 7. The van der Waals surface area contributed by atoms with Gasteiger partial charge in [-0.25, -0.2) is 0 Å². The monoisotopic (exact) mass is 429 g/mol. The fourth-order valence-corrected chi connectivity index (χ4v) is 3.83. The van der Waals surface area contributed by atoms with Gasteiger partial charge in [0.2, 0.25) is 11.0 Å². The quantitative estimate of drug-likeness (QED) is 0.253. The van der Waals surface area contributed by atoms with Crippen LogP contribution in [0.15, 0.2) is 52.9 Å². The second-order valence-corrected chi connectivity index (χ2v) is 7.99. The number of carbonyl (C=O) groups excluding carboxylic acids is 2. The van der Waals surface area contributed by atoms with Crippen molar-refractivity contribution in [3.63, 3.8) is 0 Å². The van der Waals surface area contributed by atoms with Gasteiger partial charge in [0.05, 0.1) is 10.7 Å². The number of para-hydroxylation sites is 1. The van der Waals surface area contributed by atoms with Gasteiger partial charge < -0.3 is 5.32 Å². The van der Waals surface area contributed by atoms with Crippen LogP contribution < -0.4 is 10.6 Å². The van der Waals surface area contributed by atoms with Gasteiger partial charge in [-0.05, 0) is 25.1 Å². The number of benzene rings is 2. The SMILES string of the molecule is Cc1ccc(C(=O)Nc2nnc(SCC(=O)Nc3ccccc3)s2)cc1[N+](=O)[O-]. The van der Waals surface area contributed by atoms with Gasteiger partial charge in [0.25, 0.3) is 11.6 Å². The molecule has 2 amide bonds. The first-order chi connectivity index (χ1) is 13.9. The van der Waals surface area contributed by atoms with Crippen LogP contribution in [0.3, 0.4) is 0 Å². The van der Waals surface area contributed by atoms with Gasteiger partial charge in [-0.2, -0.15) is 0 Å². The lowest BCUT2D eigenvalue weighted by Gasteiger charge is -2.03. The molecule has 0 bridgehead atoms. The number of nitro benzene ring substituents is 1. The molecule has 0 unspecified atom stereocenters. The molecular formula is C18H15N5O4S2. The maximum Gasteiger partial charge on any atom is 0.273 e. The number of anilines is 2. The smallest absolute Gasteiger partial charge is 0.273 e. The lowest BCUT2D eigenvalue weighted by molar-refractivity contribution is -0.385. The summed E-state index contributed by atoms with van der Waals surface area (Å²) in [5.74, 6) is -0.571. The van der Waals surface area contributed by atoms with E-state index in [-0.39, 0.29) is 28.0 Å². The van der Waals surface area contributed by atoms with E-state index >= 15 is 0 Å². The Kier molecular flexibility index (Phi) is 6.52. The van der Waals surface area contributed by atoms with Crippen LogP contribution in [-0.2, 0) is 4.79 Å². The lowest BCUT2D eigenvalue weighted by Crippen LogP contribution is -2.13. The molecule has 29 heavy (non-hydrogen) atoms. The van der Waals surface area contributed by atoms with Gasteiger partial charge in [-0.1, -0.05) is 47.4 Å². The summed E-state index contributed by atoms with van der Waals surface area (Å²) < 4.78 is 0.512. The van der Waals surface area contributed by atoms with Crippen LogP contribution in [0.1, 0.15) is 15.9 Å². The molecule has 0 radical (unpaired) electrons. The zero-order valence-electron chi connectivity index (χ0n) is 15.1. The largest absolute Gasteiger partial charge is 0.325 e. The molecule has 2 N–H and O–H groups in total. The Balaban J connectivity index is 1.56. The maximum atomic E-state index is 12.3. The Morgan fingerprint density at radius 1 is 1.14 bits per heavy atom. The highest BCUT2D eigenvalue weighted by Gasteiger charge is 2.16. The predicted octanol–water partition coefficient (Wildman–Crippen LogP) is 3.74. The number of nitrogens with zero attached hydrogens (tertiary/aromatic N) is 3. The van der Waals surface area contributed by atoms with Crippen LogP contribution in [0.2, 0.25) is 0 Å². The van der Waals surface area contributed by atoms with E-state index in [0.29, 0.717) is 15.6 Å². The molecule has 0 aliphatic rings. The van der Waals surface area contributed by atoms with Gasteiger partial charge in [0.1, 0.15) is 0 Å². The Hall–Kier alpha value is -3.31. The number of nitro groups is 1. The molecule has 0 fully saturated rings. The van der Waals surface area contributed by atoms with Gasteiger partial charge >= 0.3 is 0 Å². The summed E-state index contributed by atoms with van der Waals surface area (Å²) >= 11 is 2.30. The summed E-state index contributed by atoms with van der Waals surface area (Å²) in [5.41, 5.74) is 1.19. The molecule has 9 nitrogen and oxygen atoms in total. The first kappa shape index (κ1) is 20.4. The first-order valence-electron chi connectivity index (χ1n) is 8.30. The minimum Gasteiger partial charge on any atom is -0.325 e. The molecule has 0 aliphatic carbocycles. The summed E-state index contributed by atoms with van der Waals surface area (Å²) in [5, 5.41) is 24.4. The highest BCUT2D eigenvalue weighted by Crippen LogP contribution is 2.26. The maximum absolute atomic E-state index is 12.3. The number of carbonyl (C=O) groups is 2. The third-order valence-corrected chi connectivity index (χ3v) is 5.65. The van der Waals surface area contributed by atoms with Crippen LogP contribution in [-0.4, -0.2) is 32.7 Å². The third-order valence-electron chi connectivity index (χ3n) is 3.68. The first-order valence-corrected chi connectivity index (χ1v) is 10.1. The van der Waals surface area contributed by atoms with E-state index in [4.69, 9.17) is 0 Å². The van der Waals surface area contributed by atoms with Crippen molar-refractivity contribution >= 4 is 51.4 Å². The second kappa shape index (κ2) is 9.26.